The predicted octanol–water partition coefficient (Wildman–Crippen LogP) is 2.60. The van der Waals surface area contributed by atoms with E-state index >= 15 is 0 Å². The van der Waals surface area contributed by atoms with Gasteiger partial charge in [-0.05, 0) is 37.2 Å². The average molecular weight is 356 g/mol. The second-order valence-electron chi connectivity index (χ2n) is 7.25. The normalized spacial score (nSPS) is 20.5. The first-order valence-electron chi connectivity index (χ1n) is 9.27. The van der Waals surface area contributed by atoms with Gasteiger partial charge in [0.15, 0.2) is 5.69 Å². The van der Waals surface area contributed by atoms with Crippen LogP contribution in [0.15, 0.2) is 40.9 Å². The van der Waals surface area contributed by atoms with Gasteiger partial charge in [0, 0.05) is 25.2 Å². The lowest BCUT2D eigenvalue weighted by molar-refractivity contribution is -0.0680. The third-order valence-electron chi connectivity index (χ3n) is 5.43. The van der Waals surface area contributed by atoms with Crippen LogP contribution in [0.2, 0.25) is 0 Å². The molecule has 2 aromatic rings. The van der Waals surface area contributed by atoms with Gasteiger partial charge in [-0.25, -0.2) is 0 Å². The number of nitrogens with one attached hydrogen (secondary N) is 1. The maximum atomic E-state index is 12.5. The summed E-state index contributed by atoms with van der Waals surface area (Å²) in [6.45, 7) is 1.38. The number of benzene rings is 1. The summed E-state index contributed by atoms with van der Waals surface area (Å²) >= 11 is 0. The van der Waals surface area contributed by atoms with E-state index < -0.39 is 5.60 Å². The summed E-state index contributed by atoms with van der Waals surface area (Å²) in [5.74, 6) is 0.894. The molecule has 1 aromatic carbocycles. The number of carbonyl (C=O) groups is 1. The Labute approximate surface area is 152 Å². The first-order valence-corrected chi connectivity index (χ1v) is 9.27. The summed E-state index contributed by atoms with van der Waals surface area (Å²) in [6, 6.07) is 11.2. The molecule has 26 heavy (non-hydrogen) atoms. The van der Waals surface area contributed by atoms with E-state index in [-0.39, 0.29) is 24.1 Å². The molecule has 0 unspecified atom stereocenters. The number of aromatic nitrogens is 1. The molecule has 2 fully saturated rings. The summed E-state index contributed by atoms with van der Waals surface area (Å²) in [5.41, 5.74) is -0.0515. The fourth-order valence-electron chi connectivity index (χ4n) is 3.65. The number of hydrogen-bond acceptors (Lipinski definition) is 5. The van der Waals surface area contributed by atoms with Crippen molar-refractivity contribution in [2.24, 2.45) is 5.92 Å². The fraction of sp³-hybridized carbons (Fsp3) is 0.500. The van der Waals surface area contributed by atoms with Crippen molar-refractivity contribution >= 4 is 5.91 Å². The molecule has 1 atom stereocenters. The van der Waals surface area contributed by atoms with Gasteiger partial charge in [0.1, 0.15) is 11.4 Å². The highest BCUT2D eigenvalue weighted by atomic mass is 16.5. The SMILES string of the molecule is O=C(NC[C@](O)(c1ccccc1)C1CCOCC1)c1cc(C2CC2)on1. The molecule has 0 spiro atoms. The zero-order valence-corrected chi connectivity index (χ0v) is 14.7. The van der Waals surface area contributed by atoms with Crippen molar-refractivity contribution in [3.63, 3.8) is 0 Å². The van der Waals surface area contributed by atoms with Gasteiger partial charge in [-0.1, -0.05) is 35.5 Å². The quantitative estimate of drug-likeness (QED) is 0.831. The smallest absolute Gasteiger partial charge is 0.273 e. The van der Waals surface area contributed by atoms with Crippen LogP contribution >= 0.6 is 0 Å². The van der Waals surface area contributed by atoms with Gasteiger partial charge in [-0.15, -0.1) is 0 Å². The molecular weight excluding hydrogens is 332 g/mol. The van der Waals surface area contributed by atoms with Crippen molar-refractivity contribution in [2.45, 2.75) is 37.2 Å². The van der Waals surface area contributed by atoms with Gasteiger partial charge in [-0.2, -0.15) is 0 Å². The van der Waals surface area contributed by atoms with Crippen LogP contribution in [0.3, 0.4) is 0 Å². The van der Waals surface area contributed by atoms with Gasteiger partial charge < -0.3 is 19.7 Å². The molecule has 2 heterocycles. The standard InChI is InChI=1S/C20H24N2O4/c23-19(17-12-18(26-22-17)14-6-7-14)21-13-20(24,15-4-2-1-3-5-15)16-8-10-25-11-9-16/h1-5,12,14,16,24H,6-11,13H2,(H,21,23)/t20-/m0/s1. The third kappa shape index (κ3) is 3.52. The Morgan fingerprint density at radius 1 is 1.19 bits per heavy atom. The van der Waals surface area contributed by atoms with E-state index in [4.69, 9.17) is 9.26 Å². The largest absolute Gasteiger partial charge is 0.383 e. The van der Waals surface area contributed by atoms with Gasteiger partial charge in [0.25, 0.3) is 5.91 Å². The molecule has 4 rings (SSSR count). The van der Waals surface area contributed by atoms with E-state index in [9.17, 15) is 9.90 Å². The number of ether oxygens (including phenoxy) is 1. The van der Waals surface area contributed by atoms with E-state index in [0.29, 0.717) is 19.1 Å². The molecule has 0 bridgehead atoms. The van der Waals surface area contributed by atoms with Crippen LogP contribution in [0.5, 0.6) is 0 Å². The van der Waals surface area contributed by atoms with Crippen LogP contribution in [-0.2, 0) is 10.3 Å². The van der Waals surface area contributed by atoms with Crippen molar-refractivity contribution < 1.29 is 19.2 Å². The van der Waals surface area contributed by atoms with Crippen LogP contribution in [0.4, 0.5) is 0 Å². The molecule has 2 N–H and O–H groups in total. The Morgan fingerprint density at radius 2 is 1.92 bits per heavy atom. The van der Waals surface area contributed by atoms with Gasteiger partial charge in [-0.3, -0.25) is 4.79 Å². The monoisotopic (exact) mass is 356 g/mol. The van der Waals surface area contributed by atoms with E-state index in [0.717, 1.165) is 37.0 Å². The van der Waals surface area contributed by atoms with Crippen LogP contribution in [0.1, 0.15) is 53.4 Å². The number of aliphatic hydroxyl groups is 1. The summed E-state index contributed by atoms with van der Waals surface area (Å²) in [5, 5.41) is 18.2. The maximum absolute atomic E-state index is 12.5. The highest BCUT2D eigenvalue weighted by molar-refractivity contribution is 5.92. The Morgan fingerprint density at radius 3 is 2.62 bits per heavy atom. The van der Waals surface area contributed by atoms with Crippen molar-refractivity contribution in [3.8, 4) is 0 Å². The van der Waals surface area contributed by atoms with E-state index in [1.54, 1.807) is 6.07 Å². The predicted molar refractivity (Wildman–Crippen MR) is 94.7 cm³/mol. The molecule has 1 saturated carbocycles. The topological polar surface area (TPSA) is 84.6 Å². The second-order valence-corrected chi connectivity index (χ2v) is 7.25. The minimum Gasteiger partial charge on any atom is -0.383 e. The summed E-state index contributed by atoms with van der Waals surface area (Å²) in [7, 11) is 0. The Hall–Kier alpha value is -2.18. The van der Waals surface area contributed by atoms with Gasteiger partial charge in [0.05, 0.1) is 6.54 Å². The Kier molecular flexibility index (Phi) is 4.78. The highest BCUT2D eigenvalue weighted by Gasteiger charge is 2.39. The Bertz CT molecular complexity index is 750. The number of carbonyl (C=O) groups excluding carboxylic acids is 1. The van der Waals surface area contributed by atoms with Crippen LogP contribution < -0.4 is 5.32 Å². The molecule has 138 valence electrons. The summed E-state index contributed by atoms with van der Waals surface area (Å²) < 4.78 is 10.7. The second kappa shape index (κ2) is 7.21. The Balaban J connectivity index is 1.49. The number of nitrogens with zero attached hydrogens (tertiary/aromatic N) is 1. The van der Waals surface area contributed by atoms with E-state index in [1.165, 1.54) is 0 Å². The molecule has 6 nitrogen and oxygen atoms in total. The van der Waals surface area contributed by atoms with Gasteiger partial charge >= 0.3 is 0 Å². The minimum absolute atomic E-state index is 0.0262. The first-order chi connectivity index (χ1) is 12.7. The zero-order valence-electron chi connectivity index (χ0n) is 14.7. The molecule has 1 saturated heterocycles. The zero-order chi connectivity index (χ0) is 18.0. The maximum Gasteiger partial charge on any atom is 0.273 e. The molecule has 0 radical (unpaired) electrons. The molecule has 2 aliphatic rings. The number of hydrogen-bond donors (Lipinski definition) is 2. The van der Waals surface area contributed by atoms with E-state index in [2.05, 4.69) is 10.5 Å². The third-order valence-corrected chi connectivity index (χ3v) is 5.43. The summed E-state index contributed by atoms with van der Waals surface area (Å²) in [4.78, 5) is 12.5. The molecule has 6 heteroatoms. The van der Waals surface area contributed by atoms with Crippen molar-refractivity contribution in [1.82, 2.24) is 10.5 Å². The van der Waals surface area contributed by atoms with Gasteiger partial charge in [0.2, 0.25) is 0 Å². The number of amides is 1. The number of rotatable bonds is 6. The van der Waals surface area contributed by atoms with E-state index in [1.807, 2.05) is 30.3 Å². The lowest BCUT2D eigenvalue weighted by atomic mass is 9.77. The fourth-order valence-corrected chi connectivity index (χ4v) is 3.65. The molecule has 1 amide bonds. The first kappa shape index (κ1) is 17.2. The lowest BCUT2D eigenvalue weighted by Crippen LogP contribution is -2.47. The molecule has 1 aliphatic heterocycles. The average Bonchev–Trinajstić information content (AvgIpc) is 3.44. The highest BCUT2D eigenvalue weighted by Crippen LogP contribution is 2.40. The molecule has 1 aromatic heterocycles. The minimum atomic E-state index is -1.14. The van der Waals surface area contributed by atoms with Crippen LogP contribution in [-0.4, -0.2) is 35.9 Å². The van der Waals surface area contributed by atoms with Crippen LogP contribution in [0, 0.1) is 5.92 Å². The van der Waals surface area contributed by atoms with Crippen molar-refractivity contribution in [2.75, 3.05) is 19.8 Å². The van der Waals surface area contributed by atoms with Crippen molar-refractivity contribution in [3.05, 3.63) is 53.4 Å². The van der Waals surface area contributed by atoms with Crippen molar-refractivity contribution in [1.29, 1.82) is 0 Å². The molecule has 1 aliphatic carbocycles. The molecular formula is C20H24N2O4. The van der Waals surface area contributed by atoms with Crippen LogP contribution in [0.25, 0.3) is 0 Å². The lowest BCUT2D eigenvalue weighted by Gasteiger charge is -2.39. The summed E-state index contributed by atoms with van der Waals surface area (Å²) in [6.07, 6.45) is 3.70.